The summed E-state index contributed by atoms with van der Waals surface area (Å²) < 4.78 is 5.45. The summed E-state index contributed by atoms with van der Waals surface area (Å²) in [7, 11) is 0. The average molecular weight is 434 g/mol. The Morgan fingerprint density at radius 3 is 2.65 bits per heavy atom. The third kappa shape index (κ3) is 4.39. The fraction of sp³-hybridized carbons (Fsp3) is 0.0833. The van der Waals surface area contributed by atoms with E-state index in [1.54, 1.807) is 60.7 Å². The Kier molecular flexibility index (Phi) is 5.91. The Bertz CT molecular complexity index is 1130. The lowest BCUT2D eigenvalue weighted by atomic mass is 10.0. The molecule has 156 valence electrons. The van der Waals surface area contributed by atoms with E-state index in [4.69, 9.17) is 16.3 Å². The van der Waals surface area contributed by atoms with Crippen molar-refractivity contribution in [1.29, 1.82) is 0 Å². The van der Waals surface area contributed by atoms with Crippen LogP contribution in [0.5, 0.6) is 5.75 Å². The standard InChI is InChI=1S/C24H20ClN3O3/c1-2-14-31-19-12-10-16(11-13-19)23(29)27-28-22(17-6-5-7-18(25)15-17)26-21-9-4-3-8-20(21)24(28)30/h2-13,15,22,26H,1,14H2,(H,27,29)/t22-/m0/s1. The number of nitrogens with one attached hydrogen (secondary N) is 2. The number of halogens is 1. The van der Waals surface area contributed by atoms with E-state index in [2.05, 4.69) is 17.3 Å². The first-order chi connectivity index (χ1) is 15.1. The second-order valence-corrected chi connectivity index (χ2v) is 7.32. The molecule has 1 aliphatic heterocycles. The van der Waals surface area contributed by atoms with Gasteiger partial charge in [-0.15, -0.1) is 0 Å². The van der Waals surface area contributed by atoms with Gasteiger partial charge in [0, 0.05) is 16.3 Å². The third-order valence-corrected chi connectivity index (χ3v) is 5.03. The van der Waals surface area contributed by atoms with Gasteiger partial charge < -0.3 is 10.1 Å². The number of carbonyl (C=O) groups is 2. The highest BCUT2D eigenvalue weighted by Crippen LogP contribution is 2.32. The summed E-state index contributed by atoms with van der Waals surface area (Å²) in [5.41, 5.74) is 5.02. The molecule has 2 N–H and O–H groups in total. The number of rotatable bonds is 6. The first-order valence-electron chi connectivity index (χ1n) is 9.66. The normalized spacial score (nSPS) is 14.9. The second kappa shape index (κ2) is 8.93. The summed E-state index contributed by atoms with van der Waals surface area (Å²) in [4.78, 5) is 26.2. The molecule has 0 spiro atoms. The molecule has 0 unspecified atom stereocenters. The van der Waals surface area contributed by atoms with Crippen molar-refractivity contribution in [3.63, 3.8) is 0 Å². The van der Waals surface area contributed by atoms with Gasteiger partial charge in [0.05, 0.1) is 5.56 Å². The highest BCUT2D eigenvalue weighted by atomic mass is 35.5. The largest absolute Gasteiger partial charge is 0.490 e. The molecule has 0 radical (unpaired) electrons. The molecular formula is C24H20ClN3O3. The van der Waals surface area contributed by atoms with E-state index in [0.29, 0.717) is 34.2 Å². The zero-order chi connectivity index (χ0) is 21.8. The molecule has 0 aromatic heterocycles. The Hall–Kier alpha value is -3.77. The van der Waals surface area contributed by atoms with Crippen molar-refractivity contribution in [3.8, 4) is 5.75 Å². The van der Waals surface area contributed by atoms with Gasteiger partial charge in [-0.2, -0.15) is 0 Å². The first kappa shape index (κ1) is 20.5. The Balaban J connectivity index is 1.62. The molecule has 7 heteroatoms. The molecule has 31 heavy (non-hydrogen) atoms. The quantitative estimate of drug-likeness (QED) is 0.547. The van der Waals surface area contributed by atoms with Gasteiger partial charge in [0.1, 0.15) is 18.5 Å². The van der Waals surface area contributed by atoms with E-state index in [0.717, 1.165) is 5.56 Å². The second-order valence-electron chi connectivity index (χ2n) is 6.89. The zero-order valence-corrected chi connectivity index (χ0v) is 17.3. The number of fused-ring (bicyclic) bond motifs is 1. The topological polar surface area (TPSA) is 70.7 Å². The van der Waals surface area contributed by atoms with Crippen molar-refractivity contribution in [3.05, 3.63) is 107 Å². The maximum Gasteiger partial charge on any atom is 0.276 e. The summed E-state index contributed by atoms with van der Waals surface area (Å²) in [6, 6.07) is 21.0. The smallest absolute Gasteiger partial charge is 0.276 e. The molecular weight excluding hydrogens is 414 g/mol. The minimum atomic E-state index is -0.625. The van der Waals surface area contributed by atoms with Gasteiger partial charge >= 0.3 is 0 Å². The van der Waals surface area contributed by atoms with Crippen LogP contribution in [0.4, 0.5) is 5.69 Å². The molecule has 1 aliphatic rings. The van der Waals surface area contributed by atoms with Crippen molar-refractivity contribution in [2.75, 3.05) is 11.9 Å². The van der Waals surface area contributed by atoms with E-state index < -0.39 is 12.1 Å². The molecule has 2 amide bonds. The number of hydrazine groups is 1. The molecule has 4 rings (SSSR count). The van der Waals surface area contributed by atoms with Crippen LogP contribution in [0.2, 0.25) is 5.02 Å². The van der Waals surface area contributed by atoms with E-state index in [1.807, 2.05) is 18.2 Å². The zero-order valence-electron chi connectivity index (χ0n) is 16.5. The highest BCUT2D eigenvalue weighted by Gasteiger charge is 2.34. The number of benzene rings is 3. The van der Waals surface area contributed by atoms with E-state index in [9.17, 15) is 9.59 Å². The lowest BCUT2D eigenvalue weighted by molar-refractivity contribution is 0.0491. The maximum absolute atomic E-state index is 13.2. The van der Waals surface area contributed by atoms with Gasteiger partial charge in [-0.25, -0.2) is 5.01 Å². The molecule has 0 bridgehead atoms. The van der Waals surface area contributed by atoms with Gasteiger partial charge in [-0.05, 0) is 54.1 Å². The molecule has 0 fully saturated rings. The van der Waals surface area contributed by atoms with Crippen LogP contribution in [0.1, 0.15) is 32.4 Å². The van der Waals surface area contributed by atoms with Gasteiger partial charge in [0.25, 0.3) is 11.8 Å². The minimum absolute atomic E-state index is 0.321. The van der Waals surface area contributed by atoms with Crippen LogP contribution in [-0.2, 0) is 0 Å². The summed E-state index contributed by atoms with van der Waals surface area (Å²) in [5.74, 6) is -0.117. The number of nitrogens with zero attached hydrogens (tertiary/aromatic N) is 1. The summed E-state index contributed by atoms with van der Waals surface area (Å²) in [5, 5.41) is 5.14. The minimum Gasteiger partial charge on any atom is -0.490 e. The van der Waals surface area contributed by atoms with Gasteiger partial charge in [-0.1, -0.05) is 48.5 Å². The SMILES string of the molecule is C=CCOc1ccc(C(=O)NN2C(=O)c3ccccc3N[C@@H]2c2cccc(Cl)c2)cc1. The van der Waals surface area contributed by atoms with Gasteiger partial charge in [0.2, 0.25) is 0 Å². The lowest BCUT2D eigenvalue weighted by Crippen LogP contribution is -2.52. The Morgan fingerprint density at radius 1 is 1.13 bits per heavy atom. The molecule has 0 aliphatic carbocycles. The maximum atomic E-state index is 13.2. The van der Waals surface area contributed by atoms with Crippen LogP contribution in [0.25, 0.3) is 0 Å². The number of para-hydroxylation sites is 1. The van der Waals surface area contributed by atoms with Crippen LogP contribution < -0.4 is 15.5 Å². The summed E-state index contributed by atoms with van der Waals surface area (Å²) >= 11 is 6.16. The summed E-state index contributed by atoms with van der Waals surface area (Å²) in [6.07, 6.45) is 1.02. The van der Waals surface area contributed by atoms with E-state index >= 15 is 0 Å². The monoisotopic (exact) mass is 433 g/mol. The van der Waals surface area contributed by atoms with Gasteiger partial charge in [0.15, 0.2) is 0 Å². The van der Waals surface area contributed by atoms with Crippen molar-refractivity contribution in [1.82, 2.24) is 10.4 Å². The number of ether oxygens (including phenoxy) is 1. The number of hydrogen-bond donors (Lipinski definition) is 2. The summed E-state index contributed by atoms with van der Waals surface area (Å²) in [6.45, 7) is 3.98. The molecule has 0 saturated carbocycles. The molecule has 1 heterocycles. The first-order valence-corrected chi connectivity index (χ1v) is 10.0. The fourth-order valence-corrected chi connectivity index (χ4v) is 3.51. The van der Waals surface area contributed by atoms with Crippen molar-refractivity contribution in [2.45, 2.75) is 6.17 Å². The Morgan fingerprint density at radius 2 is 1.90 bits per heavy atom. The number of anilines is 1. The van der Waals surface area contributed by atoms with Crippen molar-refractivity contribution in [2.24, 2.45) is 0 Å². The van der Waals surface area contributed by atoms with Crippen molar-refractivity contribution >= 4 is 29.1 Å². The predicted molar refractivity (Wildman–Crippen MR) is 120 cm³/mol. The van der Waals surface area contributed by atoms with Crippen LogP contribution in [-0.4, -0.2) is 23.4 Å². The highest BCUT2D eigenvalue weighted by molar-refractivity contribution is 6.30. The predicted octanol–water partition coefficient (Wildman–Crippen LogP) is 4.82. The van der Waals surface area contributed by atoms with Crippen molar-refractivity contribution < 1.29 is 14.3 Å². The number of amides is 2. The molecule has 3 aromatic rings. The molecule has 0 saturated heterocycles. The van der Waals surface area contributed by atoms with Crippen LogP contribution in [0.15, 0.2) is 85.5 Å². The third-order valence-electron chi connectivity index (χ3n) is 4.80. The Labute approximate surface area is 185 Å². The number of carbonyl (C=O) groups excluding carboxylic acids is 2. The average Bonchev–Trinajstić information content (AvgIpc) is 2.79. The van der Waals surface area contributed by atoms with Crippen LogP contribution >= 0.6 is 11.6 Å². The van der Waals surface area contributed by atoms with E-state index in [1.165, 1.54) is 5.01 Å². The molecule has 3 aromatic carbocycles. The van der Waals surface area contributed by atoms with Gasteiger partial charge in [-0.3, -0.25) is 15.0 Å². The van der Waals surface area contributed by atoms with E-state index in [-0.39, 0.29) is 5.91 Å². The molecule has 1 atom stereocenters. The van der Waals surface area contributed by atoms with Crippen LogP contribution in [0, 0.1) is 0 Å². The number of hydrogen-bond acceptors (Lipinski definition) is 4. The lowest BCUT2D eigenvalue weighted by Gasteiger charge is -2.37. The van der Waals surface area contributed by atoms with Crippen LogP contribution in [0.3, 0.4) is 0 Å². The molecule has 6 nitrogen and oxygen atoms in total. The fourth-order valence-electron chi connectivity index (χ4n) is 3.31.